The van der Waals surface area contributed by atoms with Crippen molar-refractivity contribution >= 4 is 27.5 Å². The minimum Gasteiger partial charge on any atom is -0.352 e. The zero-order valence-corrected chi connectivity index (χ0v) is 15.9. The Hall–Kier alpha value is -2.74. The molecule has 1 amide bonds. The molecular weight excluding hydrogens is 369 g/mol. The van der Waals surface area contributed by atoms with Gasteiger partial charge in [0.1, 0.15) is 17.1 Å². The van der Waals surface area contributed by atoms with Crippen molar-refractivity contribution in [3.63, 3.8) is 0 Å². The van der Waals surface area contributed by atoms with Crippen LogP contribution in [0.15, 0.2) is 45.3 Å². The number of thiophene rings is 1. The molecule has 3 aromatic rings. The summed E-state index contributed by atoms with van der Waals surface area (Å²) in [5.41, 5.74) is 0.106. The first-order valence-electron chi connectivity index (χ1n) is 8.65. The fourth-order valence-corrected chi connectivity index (χ4v) is 3.61. The van der Waals surface area contributed by atoms with Gasteiger partial charge in [-0.1, -0.05) is 19.1 Å². The third-order valence-electron chi connectivity index (χ3n) is 4.41. The van der Waals surface area contributed by atoms with Gasteiger partial charge < -0.3 is 5.32 Å². The molecule has 8 heteroatoms. The number of carbonyl (C=O) groups excluding carboxylic acids is 1. The van der Waals surface area contributed by atoms with E-state index in [1.165, 1.54) is 40.2 Å². The van der Waals surface area contributed by atoms with Crippen molar-refractivity contribution in [2.24, 2.45) is 0 Å². The highest BCUT2D eigenvalue weighted by atomic mass is 32.1. The second-order valence-corrected chi connectivity index (χ2v) is 7.31. The molecule has 0 bridgehead atoms. The fourth-order valence-electron chi connectivity index (χ4n) is 2.76. The maximum absolute atomic E-state index is 13.1. The molecule has 0 aliphatic rings. The van der Waals surface area contributed by atoms with Crippen molar-refractivity contribution in [1.29, 1.82) is 0 Å². The average Bonchev–Trinajstić information content (AvgIpc) is 3.13. The summed E-state index contributed by atoms with van der Waals surface area (Å²) in [5.74, 6) is -0.676. The molecule has 2 heterocycles. The van der Waals surface area contributed by atoms with Crippen LogP contribution in [0.3, 0.4) is 0 Å². The van der Waals surface area contributed by atoms with Crippen LogP contribution >= 0.6 is 11.3 Å². The second-order valence-electron chi connectivity index (χ2n) is 6.40. The van der Waals surface area contributed by atoms with Crippen molar-refractivity contribution in [2.45, 2.75) is 39.4 Å². The predicted octanol–water partition coefficient (Wildman–Crippen LogP) is 2.33. The van der Waals surface area contributed by atoms with Gasteiger partial charge in [-0.2, -0.15) is 0 Å². The van der Waals surface area contributed by atoms with Gasteiger partial charge in [0.2, 0.25) is 5.91 Å². The van der Waals surface area contributed by atoms with E-state index in [9.17, 15) is 18.8 Å². The first-order chi connectivity index (χ1) is 12.9. The van der Waals surface area contributed by atoms with E-state index in [0.29, 0.717) is 15.8 Å². The van der Waals surface area contributed by atoms with Gasteiger partial charge in [-0.05, 0) is 42.5 Å². The maximum atomic E-state index is 13.1. The van der Waals surface area contributed by atoms with Gasteiger partial charge in [0.15, 0.2) is 0 Å². The number of carbonyl (C=O) groups is 1. The molecule has 0 radical (unpaired) electrons. The van der Waals surface area contributed by atoms with Crippen LogP contribution in [0.2, 0.25) is 0 Å². The van der Waals surface area contributed by atoms with Gasteiger partial charge in [0, 0.05) is 6.04 Å². The number of rotatable bonds is 6. The fraction of sp³-hybridized carbons (Fsp3) is 0.316. The second kappa shape index (κ2) is 7.87. The molecule has 0 fully saturated rings. The molecule has 0 aliphatic carbocycles. The number of nitrogens with one attached hydrogen (secondary N) is 1. The lowest BCUT2D eigenvalue weighted by molar-refractivity contribution is -0.122. The predicted molar refractivity (Wildman–Crippen MR) is 104 cm³/mol. The van der Waals surface area contributed by atoms with Crippen LogP contribution < -0.4 is 16.6 Å². The molecule has 27 heavy (non-hydrogen) atoms. The van der Waals surface area contributed by atoms with E-state index in [2.05, 4.69) is 5.32 Å². The maximum Gasteiger partial charge on any atom is 0.332 e. The Labute approximate surface area is 158 Å². The van der Waals surface area contributed by atoms with Gasteiger partial charge in [-0.3, -0.25) is 18.7 Å². The van der Waals surface area contributed by atoms with Gasteiger partial charge in [-0.15, -0.1) is 11.3 Å². The first kappa shape index (κ1) is 19.0. The Morgan fingerprint density at radius 1 is 1.19 bits per heavy atom. The van der Waals surface area contributed by atoms with Crippen molar-refractivity contribution in [2.75, 3.05) is 0 Å². The first-order valence-corrected chi connectivity index (χ1v) is 9.53. The molecule has 0 saturated heterocycles. The van der Waals surface area contributed by atoms with Crippen LogP contribution in [0.1, 0.15) is 25.8 Å². The van der Waals surface area contributed by atoms with Crippen LogP contribution in [0.5, 0.6) is 0 Å². The van der Waals surface area contributed by atoms with Crippen molar-refractivity contribution < 1.29 is 9.18 Å². The van der Waals surface area contributed by atoms with Gasteiger partial charge in [-0.25, -0.2) is 9.18 Å². The number of amides is 1. The Bertz CT molecular complexity index is 1080. The van der Waals surface area contributed by atoms with Crippen LogP contribution in [-0.4, -0.2) is 21.1 Å². The number of benzene rings is 1. The molecular formula is C19H20FN3O3S. The lowest BCUT2D eigenvalue weighted by Gasteiger charge is -2.15. The lowest BCUT2D eigenvalue weighted by atomic mass is 10.2. The van der Waals surface area contributed by atoms with Crippen LogP contribution in [0, 0.1) is 5.82 Å². The molecule has 1 N–H and O–H groups in total. The average molecular weight is 389 g/mol. The number of fused-ring (bicyclic) bond motifs is 1. The Morgan fingerprint density at radius 2 is 1.89 bits per heavy atom. The minimum absolute atomic E-state index is 0.00344. The third kappa shape index (κ3) is 4.00. The Morgan fingerprint density at radius 3 is 2.56 bits per heavy atom. The lowest BCUT2D eigenvalue weighted by Crippen LogP contribution is -2.43. The molecule has 0 aliphatic heterocycles. The van der Waals surface area contributed by atoms with Gasteiger partial charge in [0.05, 0.1) is 12.1 Å². The van der Waals surface area contributed by atoms with E-state index < -0.39 is 11.2 Å². The zero-order chi connectivity index (χ0) is 19.6. The van der Waals surface area contributed by atoms with Crippen molar-refractivity contribution in [3.05, 3.63) is 67.9 Å². The van der Waals surface area contributed by atoms with Crippen LogP contribution in [-0.2, 0) is 17.9 Å². The molecule has 1 aromatic carbocycles. The summed E-state index contributed by atoms with van der Waals surface area (Å²) in [4.78, 5) is 38.0. The largest absolute Gasteiger partial charge is 0.352 e. The minimum atomic E-state index is -0.561. The van der Waals surface area contributed by atoms with Gasteiger partial charge in [0.25, 0.3) is 5.56 Å². The molecule has 3 rings (SSSR count). The number of hydrogen-bond acceptors (Lipinski definition) is 4. The summed E-state index contributed by atoms with van der Waals surface area (Å²) in [6, 6.07) is 7.28. The smallest absolute Gasteiger partial charge is 0.332 e. The van der Waals surface area contributed by atoms with E-state index in [1.54, 1.807) is 11.4 Å². The Balaban J connectivity index is 2.04. The van der Waals surface area contributed by atoms with Crippen molar-refractivity contribution in [1.82, 2.24) is 14.5 Å². The topological polar surface area (TPSA) is 73.1 Å². The highest BCUT2D eigenvalue weighted by Crippen LogP contribution is 2.15. The van der Waals surface area contributed by atoms with E-state index in [1.807, 2.05) is 13.8 Å². The molecule has 142 valence electrons. The summed E-state index contributed by atoms with van der Waals surface area (Å²) in [7, 11) is 0. The van der Waals surface area contributed by atoms with E-state index in [-0.39, 0.29) is 30.9 Å². The molecule has 6 nitrogen and oxygen atoms in total. The summed E-state index contributed by atoms with van der Waals surface area (Å²) >= 11 is 1.22. The third-order valence-corrected chi connectivity index (χ3v) is 5.30. The highest BCUT2D eigenvalue weighted by Gasteiger charge is 2.17. The number of halogens is 1. The number of nitrogens with zero attached hydrogens (tertiary/aromatic N) is 2. The van der Waals surface area contributed by atoms with Gasteiger partial charge >= 0.3 is 5.69 Å². The molecule has 0 spiro atoms. The summed E-state index contributed by atoms with van der Waals surface area (Å²) < 4.78 is 15.9. The van der Waals surface area contributed by atoms with Crippen LogP contribution in [0.4, 0.5) is 4.39 Å². The zero-order valence-electron chi connectivity index (χ0n) is 15.1. The van der Waals surface area contributed by atoms with Crippen LogP contribution in [0.25, 0.3) is 10.2 Å². The van der Waals surface area contributed by atoms with Crippen molar-refractivity contribution in [3.8, 4) is 0 Å². The highest BCUT2D eigenvalue weighted by molar-refractivity contribution is 7.17. The number of hydrogen-bond donors (Lipinski definition) is 1. The van der Waals surface area contributed by atoms with E-state index >= 15 is 0 Å². The SMILES string of the molecule is CC[C@H](C)NC(=O)Cn1c(=O)n(Cc2ccc(F)cc2)c(=O)c2sccc21. The molecule has 1 atom stereocenters. The normalized spacial score (nSPS) is 12.3. The molecule has 2 aromatic heterocycles. The summed E-state index contributed by atoms with van der Waals surface area (Å²) in [6.45, 7) is 3.69. The summed E-state index contributed by atoms with van der Waals surface area (Å²) in [5, 5.41) is 4.55. The standard InChI is InChI=1S/C19H20FN3O3S/c1-3-12(2)21-16(24)11-22-15-8-9-27-17(15)18(25)23(19(22)26)10-13-4-6-14(20)7-5-13/h4-9,12H,3,10-11H2,1-2H3,(H,21,24)/t12-/m0/s1. The molecule has 0 unspecified atom stereocenters. The van der Waals surface area contributed by atoms with E-state index in [0.717, 1.165) is 11.0 Å². The quantitative estimate of drug-likeness (QED) is 0.703. The monoisotopic (exact) mass is 389 g/mol. The number of aromatic nitrogens is 2. The van der Waals surface area contributed by atoms with E-state index in [4.69, 9.17) is 0 Å². The molecule has 0 saturated carbocycles. The summed E-state index contributed by atoms with van der Waals surface area (Å²) in [6.07, 6.45) is 0.776. The Kier molecular flexibility index (Phi) is 5.55.